The van der Waals surface area contributed by atoms with Crippen LogP contribution in [-0.4, -0.2) is 26.4 Å². The third-order valence-electron chi connectivity index (χ3n) is 2.08. The van der Waals surface area contributed by atoms with Gasteiger partial charge in [0.2, 0.25) is 5.90 Å². The molecule has 8 heteroatoms. The lowest BCUT2D eigenvalue weighted by atomic mass is 10.1. The van der Waals surface area contributed by atoms with E-state index in [1.165, 1.54) is 0 Å². The minimum atomic E-state index is -5.56. The molecule has 0 amide bonds. The van der Waals surface area contributed by atoms with E-state index in [-0.39, 0.29) is 12.3 Å². The van der Waals surface area contributed by atoms with E-state index in [2.05, 4.69) is 9.18 Å². The molecule has 0 unspecified atom stereocenters. The van der Waals surface area contributed by atoms with Crippen molar-refractivity contribution < 1.29 is 25.8 Å². The number of rotatable bonds is 1. The molecule has 1 aliphatic rings. The standard InChI is InChI=1S/C8H12F3NO3S/c9-8(10,11)16(13,14)15-7-5-3-1-2-4-6-12-7/h1-6H2. The fourth-order valence-corrected chi connectivity index (χ4v) is 1.75. The van der Waals surface area contributed by atoms with Crippen molar-refractivity contribution in [1.29, 1.82) is 0 Å². The first-order valence-electron chi connectivity index (χ1n) is 4.87. The summed E-state index contributed by atoms with van der Waals surface area (Å²) in [5.41, 5.74) is -5.39. The van der Waals surface area contributed by atoms with Crippen molar-refractivity contribution in [3.05, 3.63) is 0 Å². The number of nitrogens with zero attached hydrogens (tertiary/aromatic N) is 1. The Labute approximate surface area is 91.6 Å². The molecular weight excluding hydrogens is 247 g/mol. The van der Waals surface area contributed by atoms with Gasteiger partial charge in [-0.1, -0.05) is 12.8 Å². The highest BCUT2D eigenvalue weighted by Crippen LogP contribution is 2.25. The summed E-state index contributed by atoms with van der Waals surface area (Å²) in [5.74, 6) is -0.336. The van der Waals surface area contributed by atoms with Gasteiger partial charge in [-0.25, -0.2) is 0 Å². The Morgan fingerprint density at radius 1 is 1.12 bits per heavy atom. The predicted octanol–water partition coefficient (Wildman–Crippen LogP) is 2.22. The molecule has 4 nitrogen and oxygen atoms in total. The maximum atomic E-state index is 12.0. The van der Waals surface area contributed by atoms with Crippen molar-refractivity contribution in [1.82, 2.24) is 0 Å². The summed E-state index contributed by atoms with van der Waals surface area (Å²) in [7, 11) is -5.56. The Kier molecular flexibility index (Phi) is 4.17. The number of hydrogen-bond acceptors (Lipinski definition) is 4. The minimum Gasteiger partial charge on any atom is -0.360 e. The van der Waals surface area contributed by atoms with E-state index in [0.29, 0.717) is 13.0 Å². The zero-order valence-corrected chi connectivity index (χ0v) is 9.27. The highest BCUT2D eigenvalue weighted by molar-refractivity contribution is 7.88. The molecule has 1 heterocycles. The topological polar surface area (TPSA) is 55.7 Å². The van der Waals surface area contributed by atoms with Crippen LogP contribution in [-0.2, 0) is 14.3 Å². The van der Waals surface area contributed by atoms with Gasteiger partial charge in [0.05, 0.1) is 0 Å². The van der Waals surface area contributed by atoms with Crippen LogP contribution in [0.15, 0.2) is 4.99 Å². The van der Waals surface area contributed by atoms with Crippen molar-refractivity contribution >= 4 is 16.0 Å². The van der Waals surface area contributed by atoms with Gasteiger partial charge in [-0.05, 0) is 12.8 Å². The van der Waals surface area contributed by atoms with E-state index in [1.54, 1.807) is 0 Å². The Balaban J connectivity index is 2.72. The van der Waals surface area contributed by atoms with E-state index in [4.69, 9.17) is 0 Å². The number of alkyl halides is 3. The zero-order chi connectivity index (χ0) is 12.2. The molecule has 0 radical (unpaired) electrons. The van der Waals surface area contributed by atoms with Gasteiger partial charge >= 0.3 is 15.6 Å². The monoisotopic (exact) mass is 259 g/mol. The Hall–Kier alpha value is -0.790. The zero-order valence-electron chi connectivity index (χ0n) is 8.46. The van der Waals surface area contributed by atoms with Crippen LogP contribution >= 0.6 is 0 Å². The Morgan fingerprint density at radius 3 is 2.38 bits per heavy atom. The lowest BCUT2D eigenvalue weighted by Crippen LogP contribution is -2.28. The Bertz CT molecular complexity index is 361. The highest BCUT2D eigenvalue weighted by Gasteiger charge is 2.49. The summed E-state index contributed by atoms with van der Waals surface area (Å²) in [6, 6.07) is 0. The van der Waals surface area contributed by atoms with Crippen molar-refractivity contribution in [3.8, 4) is 0 Å². The quantitative estimate of drug-likeness (QED) is 0.536. The molecule has 0 N–H and O–H groups in total. The summed E-state index contributed by atoms with van der Waals surface area (Å²) in [6.45, 7) is 0.308. The first-order valence-corrected chi connectivity index (χ1v) is 6.28. The summed E-state index contributed by atoms with van der Waals surface area (Å²) in [6.07, 6.45) is 3.25. The molecule has 0 aromatic carbocycles. The number of halogens is 3. The predicted molar refractivity (Wildman–Crippen MR) is 51.4 cm³/mol. The number of aliphatic imine (C=N–C) groups is 1. The fourth-order valence-electron chi connectivity index (χ4n) is 1.27. The van der Waals surface area contributed by atoms with Gasteiger partial charge in [-0.2, -0.15) is 21.6 Å². The first kappa shape index (κ1) is 13.3. The molecule has 0 saturated heterocycles. The van der Waals surface area contributed by atoms with Gasteiger partial charge in [0.25, 0.3) is 0 Å². The van der Waals surface area contributed by atoms with Gasteiger partial charge < -0.3 is 4.18 Å². The molecule has 0 aliphatic carbocycles. The van der Waals surface area contributed by atoms with E-state index in [1.807, 2.05) is 0 Å². The second kappa shape index (κ2) is 5.03. The van der Waals surface area contributed by atoms with Gasteiger partial charge in [0.15, 0.2) is 0 Å². The lowest BCUT2D eigenvalue weighted by molar-refractivity contribution is -0.0505. The molecule has 0 fully saturated rings. The minimum absolute atomic E-state index is 0.134. The normalized spacial score (nSPS) is 19.6. The lowest BCUT2D eigenvalue weighted by Gasteiger charge is -2.13. The molecule has 0 saturated carbocycles. The van der Waals surface area contributed by atoms with Crippen molar-refractivity contribution in [3.63, 3.8) is 0 Å². The van der Waals surface area contributed by atoms with Crippen LogP contribution in [0, 0.1) is 0 Å². The Morgan fingerprint density at radius 2 is 1.75 bits per heavy atom. The summed E-state index contributed by atoms with van der Waals surface area (Å²) in [5, 5.41) is 0. The molecule has 0 spiro atoms. The fraction of sp³-hybridized carbons (Fsp3) is 0.875. The first-order chi connectivity index (χ1) is 7.33. The van der Waals surface area contributed by atoms with Gasteiger partial charge in [-0.15, -0.1) is 0 Å². The summed E-state index contributed by atoms with van der Waals surface area (Å²) >= 11 is 0. The van der Waals surface area contributed by atoms with Crippen LogP contribution in [0.3, 0.4) is 0 Å². The van der Waals surface area contributed by atoms with Gasteiger partial charge in [0, 0.05) is 13.0 Å². The maximum absolute atomic E-state index is 12.0. The van der Waals surface area contributed by atoms with E-state index < -0.39 is 15.6 Å². The molecule has 1 rings (SSSR count). The van der Waals surface area contributed by atoms with E-state index in [0.717, 1.165) is 19.3 Å². The van der Waals surface area contributed by atoms with Crippen LogP contribution in [0.1, 0.15) is 32.1 Å². The van der Waals surface area contributed by atoms with Crippen LogP contribution in [0.4, 0.5) is 13.2 Å². The molecule has 0 aromatic heterocycles. The van der Waals surface area contributed by atoms with E-state index in [9.17, 15) is 21.6 Å². The third kappa shape index (κ3) is 3.66. The largest absolute Gasteiger partial charge is 0.534 e. The molecule has 0 aromatic rings. The highest BCUT2D eigenvalue weighted by atomic mass is 32.2. The van der Waals surface area contributed by atoms with Crippen LogP contribution < -0.4 is 0 Å². The average Bonchev–Trinajstić information content (AvgIpc) is 2.07. The molecule has 16 heavy (non-hydrogen) atoms. The molecule has 0 bridgehead atoms. The number of hydrogen-bond donors (Lipinski definition) is 0. The van der Waals surface area contributed by atoms with Crippen LogP contribution in [0.2, 0.25) is 0 Å². The second-order valence-corrected chi connectivity index (χ2v) is 4.96. The van der Waals surface area contributed by atoms with Gasteiger partial charge in [-0.3, -0.25) is 4.99 Å². The maximum Gasteiger partial charge on any atom is 0.534 e. The SMILES string of the molecule is O=S(=O)(OC1=NCCCCCC1)C(F)(F)F. The van der Waals surface area contributed by atoms with Crippen molar-refractivity contribution in [2.75, 3.05) is 6.54 Å². The second-order valence-electron chi connectivity index (χ2n) is 3.42. The average molecular weight is 259 g/mol. The molecule has 0 atom stereocenters. The van der Waals surface area contributed by atoms with Crippen molar-refractivity contribution in [2.24, 2.45) is 4.99 Å². The molecular formula is C8H12F3NO3S. The van der Waals surface area contributed by atoms with Gasteiger partial charge in [0.1, 0.15) is 0 Å². The third-order valence-corrected chi connectivity index (χ3v) is 3.06. The van der Waals surface area contributed by atoms with E-state index >= 15 is 0 Å². The summed E-state index contributed by atoms with van der Waals surface area (Å²) in [4.78, 5) is 3.70. The van der Waals surface area contributed by atoms with Crippen LogP contribution in [0.5, 0.6) is 0 Å². The summed E-state index contributed by atoms with van der Waals surface area (Å²) < 4.78 is 61.4. The molecule has 1 aliphatic heterocycles. The smallest absolute Gasteiger partial charge is 0.360 e. The van der Waals surface area contributed by atoms with Crippen molar-refractivity contribution in [2.45, 2.75) is 37.6 Å². The molecule has 94 valence electrons. The van der Waals surface area contributed by atoms with Crippen LogP contribution in [0.25, 0.3) is 0 Å².